The largest absolute Gasteiger partial charge is 0.489 e. The lowest BCUT2D eigenvalue weighted by Gasteiger charge is -2.15. The summed E-state index contributed by atoms with van der Waals surface area (Å²) in [7, 11) is -1.29. The van der Waals surface area contributed by atoms with E-state index in [0.717, 1.165) is 0 Å². The van der Waals surface area contributed by atoms with Crippen molar-refractivity contribution in [3.63, 3.8) is 0 Å². The first-order valence-electron chi connectivity index (χ1n) is 6.20. The average Bonchev–Trinajstić information content (AvgIpc) is 2.71. The molecule has 0 bridgehead atoms. The van der Waals surface area contributed by atoms with Crippen LogP contribution in [0.15, 0.2) is 18.2 Å². The van der Waals surface area contributed by atoms with E-state index in [0.29, 0.717) is 24.3 Å². The Balaban J connectivity index is 2.20. The molecule has 1 aliphatic heterocycles. The van der Waals surface area contributed by atoms with Crippen LogP contribution in [0.25, 0.3) is 0 Å². The van der Waals surface area contributed by atoms with Gasteiger partial charge in [-0.2, -0.15) is 0 Å². The van der Waals surface area contributed by atoms with E-state index in [1.165, 1.54) is 18.2 Å². The summed E-state index contributed by atoms with van der Waals surface area (Å²) in [5, 5.41) is 13.7. The first-order chi connectivity index (χ1) is 9.41. The van der Waals surface area contributed by atoms with Gasteiger partial charge in [-0.05, 0) is 19.5 Å². The Hall–Kier alpha value is -1.67. The molecule has 110 valence electrons. The fourth-order valence-corrected chi connectivity index (χ4v) is 3.75. The Bertz CT molecular complexity index is 614. The van der Waals surface area contributed by atoms with Crippen LogP contribution in [0.2, 0.25) is 0 Å². The number of sulfone groups is 1. The molecular formula is C12H16N2O5S. The van der Waals surface area contributed by atoms with Crippen molar-refractivity contribution in [2.75, 3.05) is 18.6 Å². The number of benzene rings is 1. The molecule has 1 N–H and O–H groups in total. The molecule has 1 aromatic carbocycles. The van der Waals surface area contributed by atoms with Crippen molar-refractivity contribution in [2.45, 2.75) is 19.1 Å². The molecule has 1 heterocycles. The standard InChI is InChI=1S/C12H16N2O5S/c1-13-7-9-6-10(14(15)16)2-3-12(9)19-11-4-5-20(17,18)8-11/h2-3,6,11,13H,4-5,7-8H2,1H3. The maximum absolute atomic E-state index is 11.4. The second kappa shape index (κ2) is 5.76. The highest BCUT2D eigenvalue weighted by atomic mass is 32.2. The van der Waals surface area contributed by atoms with Gasteiger partial charge in [0.15, 0.2) is 9.84 Å². The molecule has 20 heavy (non-hydrogen) atoms. The van der Waals surface area contributed by atoms with Crippen molar-refractivity contribution in [1.82, 2.24) is 5.32 Å². The lowest BCUT2D eigenvalue weighted by atomic mass is 10.1. The molecule has 0 amide bonds. The molecule has 1 aromatic rings. The third kappa shape index (κ3) is 3.45. The molecule has 0 aliphatic carbocycles. The Morgan fingerprint density at radius 3 is 2.80 bits per heavy atom. The summed E-state index contributed by atoms with van der Waals surface area (Å²) in [5.74, 6) is 0.627. The van der Waals surface area contributed by atoms with Crippen molar-refractivity contribution in [3.05, 3.63) is 33.9 Å². The Morgan fingerprint density at radius 2 is 2.25 bits per heavy atom. The fourth-order valence-electron chi connectivity index (χ4n) is 2.16. The average molecular weight is 300 g/mol. The van der Waals surface area contributed by atoms with E-state index in [-0.39, 0.29) is 23.3 Å². The number of nitro benzene ring substituents is 1. The van der Waals surface area contributed by atoms with Gasteiger partial charge in [-0.3, -0.25) is 10.1 Å². The normalized spacial score (nSPS) is 20.8. The Morgan fingerprint density at radius 1 is 1.50 bits per heavy atom. The zero-order chi connectivity index (χ0) is 14.8. The minimum absolute atomic E-state index is 0.00296. The summed E-state index contributed by atoms with van der Waals surface area (Å²) < 4.78 is 28.5. The van der Waals surface area contributed by atoms with Gasteiger partial charge in [0.25, 0.3) is 5.69 Å². The molecule has 1 unspecified atom stereocenters. The number of hydrogen-bond donors (Lipinski definition) is 1. The van der Waals surface area contributed by atoms with E-state index in [4.69, 9.17) is 4.74 Å². The van der Waals surface area contributed by atoms with Gasteiger partial charge >= 0.3 is 0 Å². The summed E-state index contributed by atoms with van der Waals surface area (Å²) >= 11 is 0. The van der Waals surface area contributed by atoms with E-state index >= 15 is 0 Å². The van der Waals surface area contributed by atoms with Crippen LogP contribution in [0.3, 0.4) is 0 Å². The highest BCUT2D eigenvalue weighted by molar-refractivity contribution is 7.91. The van der Waals surface area contributed by atoms with Crippen molar-refractivity contribution in [1.29, 1.82) is 0 Å². The lowest BCUT2D eigenvalue weighted by molar-refractivity contribution is -0.384. The van der Waals surface area contributed by atoms with Gasteiger partial charge in [-0.1, -0.05) is 0 Å². The van der Waals surface area contributed by atoms with E-state index in [2.05, 4.69) is 5.32 Å². The molecule has 1 atom stereocenters. The minimum Gasteiger partial charge on any atom is -0.489 e. The monoisotopic (exact) mass is 300 g/mol. The molecule has 1 fully saturated rings. The summed E-state index contributed by atoms with van der Waals surface area (Å²) in [6.45, 7) is 0.413. The number of hydrogen-bond acceptors (Lipinski definition) is 6. The van der Waals surface area contributed by atoms with Gasteiger partial charge in [-0.15, -0.1) is 0 Å². The molecule has 0 radical (unpaired) electrons. The highest BCUT2D eigenvalue weighted by Gasteiger charge is 2.30. The molecule has 1 aliphatic rings. The molecule has 2 rings (SSSR count). The maximum Gasteiger partial charge on any atom is 0.270 e. The number of nitrogens with one attached hydrogen (secondary N) is 1. The van der Waals surface area contributed by atoms with Crippen molar-refractivity contribution in [2.24, 2.45) is 0 Å². The molecule has 8 heteroatoms. The van der Waals surface area contributed by atoms with E-state index in [1.807, 2.05) is 0 Å². The van der Waals surface area contributed by atoms with E-state index in [1.54, 1.807) is 7.05 Å². The number of nitrogens with zero attached hydrogens (tertiary/aromatic N) is 1. The van der Waals surface area contributed by atoms with Gasteiger partial charge in [0.1, 0.15) is 11.9 Å². The van der Waals surface area contributed by atoms with Crippen LogP contribution < -0.4 is 10.1 Å². The second-order valence-electron chi connectivity index (χ2n) is 4.72. The third-order valence-corrected chi connectivity index (χ3v) is 4.84. The van der Waals surface area contributed by atoms with Gasteiger partial charge in [0.2, 0.25) is 0 Å². The van der Waals surface area contributed by atoms with Crippen LogP contribution in [0.1, 0.15) is 12.0 Å². The maximum atomic E-state index is 11.4. The molecular weight excluding hydrogens is 284 g/mol. The molecule has 0 aromatic heterocycles. The van der Waals surface area contributed by atoms with Gasteiger partial charge in [0.05, 0.1) is 16.4 Å². The molecule has 1 saturated heterocycles. The van der Waals surface area contributed by atoms with Crippen LogP contribution in [-0.4, -0.2) is 38.0 Å². The predicted octanol–water partition coefficient (Wildman–Crippen LogP) is 0.880. The summed E-state index contributed by atoms with van der Waals surface area (Å²) in [4.78, 5) is 10.3. The molecule has 7 nitrogen and oxygen atoms in total. The van der Waals surface area contributed by atoms with Crippen LogP contribution in [-0.2, 0) is 16.4 Å². The highest BCUT2D eigenvalue weighted by Crippen LogP contribution is 2.27. The summed E-state index contributed by atoms with van der Waals surface area (Å²) in [5.41, 5.74) is 0.632. The molecule has 0 saturated carbocycles. The molecule has 0 spiro atoms. The Kier molecular flexibility index (Phi) is 4.24. The van der Waals surface area contributed by atoms with E-state index < -0.39 is 14.8 Å². The van der Waals surface area contributed by atoms with Gasteiger partial charge in [0, 0.05) is 24.2 Å². The fraction of sp³-hybridized carbons (Fsp3) is 0.500. The van der Waals surface area contributed by atoms with Crippen molar-refractivity contribution < 1.29 is 18.1 Å². The Labute approximate surface area is 117 Å². The van der Waals surface area contributed by atoms with Crippen LogP contribution in [0.4, 0.5) is 5.69 Å². The van der Waals surface area contributed by atoms with Crippen molar-refractivity contribution >= 4 is 15.5 Å². The minimum atomic E-state index is -3.01. The van der Waals surface area contributed by atoms with Crippen LogP contribution >= 0.6 is 0 Å². The SMILES string of the molecule is CNCc1cc([N+](=O)[O-])ccc1OC1CCS(=O)(=O)C1. The summed E-state index contributed by atoms with van der Waals surface area (Å²) in [6.07, 6.45) is 0.0789. The first kappa shape index (κ1) is 14.7. The number of non-ortho nitro benzene ring substituents is 1. The number of rotatable bonds is 5. The number of nitro groups is 1. The van der Waals surface area contributed by atoms with E-state index in [9.17, 15) is 18.5 Å². The second-order valence-corrected chi connectivity index (χ2v) is 6.95. The third-order valence-electron chi connectivity index (χ3n) is 3.11. The smallest absolute Gasteiger partial charge is 0.270 e. The van der Waals surface area contributed by atoms with Crippen LogP contribution in [0, 0.1) is 10.1 Å². The predicted molar refractivity (Wildman–Crippen MR) is 73.5 cm³/mol. The van der Waals surface area contributed by atoms with Gasteiger partial charge in [-0.25, -0.2) is 8.42 Å². The first-order valence-corrected chi connectivity index (χ1v) is 8.02. The van der Waals surface area contributed by atoms with Crippen molar-refractivity contribution in [3.8, 4) is 5.75 Å². The topological polar surface area (TPSA) is 98.5 Å². The van der Waals surface area contributed by atoms with Crippen LogP contribution in [0.5, 0.6) is 5.75 Å². The zero-order valence-electron chi connectivity index (χ0n) is 11.0. The quantitative estimate of drug-likeness (QED) is 0.640. The number of ether oxygens (including phenoxy) is 1. The lowest BCUT2D eigenvalue weighted by Crippen LogP contribution is -2.19. The summed E-state index contributed by atoms with van der Waals surface area (Å²) in [6, 6.07) is 4.32. The zero-order valence-corrected chi connectivity index (χ0v) is 11.9. The van der Waals surface area contributed by atoms with Gasteiger partial charge < -0.3 is 10.1 Å².